The lowest BCUT2D eigenvalue weighted by Crippen LogP contribution is -1.98. The van der Waals surface area contributed by atoms with Gasteiger partial charge >= 0.3 is 0 Å². The first-order valence-electron chi connectivity index (χ1n) is 7.06. The highest BCUT2D eigenvalue weighted by Crippen LogP contribution is 2.23. The van der Waals surface area contributed by atoms with E-state index in [0.717, 1.165) is 44.5 Å². The molecule has 3 nitrogen and oxygen atoms in total. The Bertz CT molecular complexity index is 507. The molecule has 1 aromatic heterocycles. The maximum absolute atomic E-state index is 5.51. The second-order valence-corrected chi connectivity index (χ2v) is 5.75. The van der Waals surface area contributed by atoms with E-state index in [1.54, 1.807) is 18.4 Å². The summed E-state index contributed by atoms with van der Waals surface area (Å²) < 4.78 is 5.09. The number of benzene rings is 1. The average Bonchev–Trinajstić information content (AvgIpc) is 2.95. The molecule has 0 spiro atoms. The van der Waals surface area contributed by atoms with Crippen molar-refractivity contribution in [3.05, 3.63) is 40.2 Å². The van der Waals surface area contributed by atoms with Crippen LogP contribution in [0.5, 0.6) is 0 Å². The zero-order chi connectivity index (χ0) is 14.2. The summed E-state index contributed by atoms with van der Waals surface area (Å²) in [6.07, 6.45) is 4.19. The van der Waals surface area contributed by atoms with Crippen molar-refractivity contribution in [1.82, 2.24) is 4.98 Å². The van der Waals surface area contributed by atoms with Crippen molar-refractivity contribution in [3.63, 3.8) is 0 Å². The van der Waals surface area contributed by atoms with Crippen molar-refractivity contribution in [2.45, 2.75) is 25.7 Å². The molecule has 108 valence electrons. The number of rotatable bonds is 8. The molecular formula is C16H22N2OS. The Morgan fingerprint density at radius 1 is 1.15 bits per heavy atom. The lowest BCUT2D eigenvalue weighted by Gasteiger charge is -2.02. The molecule has 0 saturated carbocycles. The van der Waals surface area contributed by atoms with Crippen LogP contribution < -0.4 is 5.73 Å². The quantitative estimate of drug-likeness (QED) is 0.759. The molecule has 0 atom stereocenters. The molecule has 0 saturated heterocycles. The number of thiazole rings is 1. The number of aryl methyl sites for hydroxylation is 1. The van der Waals surface area contributed by atoms with Crippen LogP contribution in [0.2, 0.25) is 0 Å². The zero-order valence-corrected chi connectivity index (χ0v) is 12.8. The Morgan fingerprint density at radius 2 is 1.95 bits per heavy atom. The number of hydrogen-bond donors (Lipinski definition) is 1. The fraction of sp³-hybridized carbons (Fsp3) is 0.438. The second-order valence-electron chi connectivity index (χ2n) is 4.81. The van der Waals surface area contributed by atoms with Gasteiger partial charge in [-0.15, -0.1) is 11.3 Å². The highest BCUT2D eigenvalue weighted by molar-refractivity contribution is 7.09. The average molecular weight is 290 g/mol. The lowest BCUT2D eigenvalue weighted by atomic mass is 10.1. The van der Waals surface area contributed by atoms with Gasteiger partial charge in [0.1, 0.15) is 0 Å². The third kappa shape index (κ3) is 4.40. The van der Waals surface area contributed by atoms with E-state index in [1.807, 2.05) is 0 Å². The molecule has 4 heteroatoms. The molecule has 2 rings (SSSR count). The molecule has 0 aliphatic rings. The summed E-state index contributed by atoms with van der Waals surface area (Å²) in [7, 11) is 1.73. The van der Waals surface area contributed by atoms with E-state index in [1.165, 1.54) is 16.1 Å². The van der Waals surface area contributed by atoms with Crippen molar-refractivity contribution in [1.29, 1.82) is 0 Å². The summed E-state index contributed by atoms with van der Waals surface area (Å²) in [4.78, 5) is 4.70. The van der Waals surface area contributed by atoms with E-state index >= 15 is 0 Å². The molecule has 0 radical (unpaired) electrons. The number of hydrogen-bond acceptors (Lipinski definition) is 4. The molecule has 2 N–H and O–H groups in total. The number of ether oxygens (including phenoxy) is 1. The third-order valence-electron chi connectivity index (χ3n) is 3.24. The predicted molar refractivity (Wildman–Crippen MR) is 85.1 cm³/mol. The van der Waals surface area contributed by atoms with E-state index < -0.39 is 0 Å². The van der Waals surface area contributed by atoms with Crippen LogP contribution in [0.25, 0.3) is 11.3 Å². The Labute approximate surface area is 124 Å². The Kier molecular flexibility index (Phi) is 6.18. The second kappa shape index (κ2) is 8.15. The molecule has 2 aromatic rings. The van der Waals surface area contributed by atoms with Gasteiger partial charge in [0.15, 0.2) is 0 Å². The van der Waals surface area contributed by atoms with Crippen LogP contribution >= 0.6 is 11.3 Å². The number of unbranched alkanes of at least 4 members (excludes halogenated alkanes) is 1. The standard InChI is InChI=1S/C16H22N2OS/c1-19-11-9-13-5-7-14(8-6-13)15-12-20-16(18-15)4-2-3-10-17/h5-8,12H,2-4,9-11,17H2,1H3. The summed E-state index contributed by atoms with van der Waals surface area (Å²) in [5, 5.41) is 3.35. The van der Waals surface area contributed by atoms with Gasteiger partial charge in [0.05, 0.1) is 17.3 Å². The van der Waals surface area contributed by atoms with Gasteiger partial charge in [-0.1, -0.05) is 24.3 Å². The van der Waals surface area contributed by atoms with Crippen molar-refractivity contribution < 1.29 is 4.74 Å². The highest BCUT2D eigenvalue weighted by Gasteiger charge is 2.04. The molecule has 0 bridgehead atoms. The Balaban J connectivity index is 1.97. The van der Waals surface area contributed by atoms with Gasteiger partial charge in [-0.2, -0.15) is 0 Å². The first-order chi connectivity index (χ1) is 9.83. The van der Waals surface area contributed by atoms with Gasteiger partial charge in [-0.3, -0.25) is 0 Å². The van der Waals surface area contributed by atoms with Crippen LogP contribution in [0.1, 0.15) is 23.4 Å². The number of aromatic nitrogens is 1. The predicted octanol–water partition coefficient (Wildman–Crippen LogP) is 3.28. The molecule has 20 heavy (non-hydrogen) atoms. The van der Waals surface area contributed by atoms with Gasteiger partial charge in [0, 0.05) is 18.1 Å². The SMILES string of the molecule is COCCc1ccc(-c2csc(CCCCN)n2)cc1. The van der Waals surface area contributed by atoms with Crippen LogP contribution in [-0.2, 0) is 17.6 Å². The van der Waals surface area contributed by atoms with E-state index in [-0.39, 0.29) is 0 Å². The minimum Gasteiger partial charge on any atom is -0.384 e. The van der Waals surface area contributed by atoms with Crippen molar-refractivity contribution in [2.24, 2.45) is 5.73 Å². The maximum atomic E-state index is 5.51. The summed E-state index contributed by atoms with van der Waals surface area (Å²) in [5.74, 6) is 0. The van der Waals surface area contributed by atoms with E-state index in [4.69, 9.17) is 15.5 Å². The first kappa shape index (κ1) is 15.2. The smallest absolute Gasteiger partial charge is 0.0932 e. The molecule has 0 fully saturated rings. The lowest BCUT2D eigenvalue weighted by molar-refractivity contribution is 0.202. The molecular weight excluding hydrogens is 268 g/mol. The van der Waals surface area contributed by atoms with Gasteiger partial charge in [0.2, 0.25) is 0 Å². The fourth-order valence-corrected chi connectivity index (χ4v) is 2.89. The van der Waals surface area contributed by atoms with Crippen LogP contribution in [0.3, 0.4) is 0 Å². The molecule has 0 amide bonds. The number of nitrogens with two attached hydrogens (primary N) is 1. The summed E-state index contributed by atoms with van der Waals surface area (Å²) >= 11 is 1.74. The third-order valence-corrected chi connectivity index (χ3v) is 4.15. The molecule has 0 aliphatic heterocycles. The van der Waals surface area contributed by atoms with Gasteiger partial charge in [-0.25, -0.2) is 4.98 Å². The zero-order valence-electron chi connectivity index (χ0n) is 12.0. The van der Waals surface area contributed by atoms with E-state index in [9.17, 15) is 0 Å². The minimum atomic E-state index is 0.765. The van der Waals surface area contributed by atoms with Crippen LogP contribution in [0, 0.1) is 0 Å². The highest BCUT2D eigenvalue weighted by atomic mass is 32.1. The van der Waals surface area contributed by atoms with E-state index in [0.29, 0.717) is 0 Å². The molecule has 0 aliphatic carbocycles. The first-order valence-corrected chi connectivity index (χ1v) is 7.94. The fourth-order valence-electron chi connectivity index (χ4n) is 2.04. The Morgan fingerprint density at radius 3 is 2.65 bits per heavy atom. The van der Waals surface area contributed by atoms with Gasteiger partial charge < -0.3 is 10.5 Å². The van der Waals surface area contributed by atoms with Crippen LogP contribution in [0.15, 0.2) is 29.6 Å². The normalized spacial score (nSPS) is 10.9. The van der Waals surface area contributed by atoms with Gasteiger partial charge in [-0.05, 0) is 37.8 Å². The van der Waals surface area contributed by atoms with E-state index in [2.05, 4.69) is 29.6 Å². The summed E-state index contributed by atoms with van der Waals surface area (Å²) in [6, 6.07) is 8.59. The number of methoxy groups -OCH3 is 1. The molecule has 1 aromatic carbocycles. The minimum absolute atomic E-state index is 0.765. The topological polar surface area (TPSA) is 48.1 Å². The van der Waals surface area contributed by atoms with Crippen LogP contribution in [-0.4, -0.2) is 25.2 Å². The van der Waals surface area contributed by atoms with Gasteiger partial charge in [0.25, 0.3) is 0 Å². The molecule has 1 heterocycles. The summed E-state index contributed by atoms with van der Waals surface area (Å²) in [5.41, 5.74) is 9.08. The molecule has 0 unspecified atom stereocenters. The number of nitrogens with zero attached hydrogens (tertiary/aromatic N) is 1. The van der Waals surface area contributed by atoms with Crippen molar-refractivity contribution in [2.75, 3.05) is 20.3 Å². The van der Waals surface area contributed by atoms with Crippen molar-refractivity contribution in [3.8, 4) is 11.3 Å². The largest absolute Gasteiger partial charge is 0.384 e. The maximum Gasteiger partial charge on any atom is 0.0932 e. The monoisotopic (exact) mass is 290 g/mol. The summed E-state index contributed by atoms with van der Waals surface area (Å²) in [6.45, 7) is 1.53. The Hall–Kier alpha value is -1.23. The van der Waals surface area contributed by atoms with Crippen LogP contribution in [0.4, 0.5) is 0 Å². The van der Waals surface area contributed by atoms with Crippen molar-refractivity contribution >= 4 is 11.3 Å².